The van der Waals surface area contributed by atoms with Crippen molar-refractivity contribution in [2.75, 3.05) is 13.1 Å². The second-order valence-corrected chi connectivity index (χ2v) is 6.30. The molecule has 2 N–H and O–H groups in total. The second-order valence-electron chi connectivity index (χ2n) is 6.30. The Labute approximate surface area is 130 Å². The van der Waals surface area contributed by atoms with E-state index in [1.807, 2.05) is 25.3 Å². The molecule has 1 saturated heterocycles. The average molecular weight is 301 g/mol. The molecule has 1 aromatic rings. The Morgan fingerprint density at radius 2 is 2.14 bits per heavy atom. The normalized spacial score (nSPS) is 26.5. The first kappa shape index (κ1) is 15.0. The highest BCUT2D eigenvalue weighted by Gasteiger charge is 2.34. The van der Waals surface area contributed by atoms with Gasteiger partial charge in [0.05, 0.1) is 5.69 Å². The molecule has 2 aliphatic heterocycles. The summed E-state index contributed by atoms with van der Waals surface area (Å²) in [4.78, 5) is 18.2. The summed E-state index contributed by atoms with van der Waals surface area (Å²) in [5, 5.41) is 9.99. The summed E-state index contributed by atoms with van der Waals surface area (Å²) in [6, 6.07) is 3.38. The number of H-pyrrole nitrogens is 1. The second kappa shape index (κ2) is 6.04. The van der Waals surface area contributed by atoms with Crippen LogP contribution in [0.1, 0.15) is 32.4 Å². The Balaban J connectivity index is 1.57. The third kappa shape index (κ3) is 3.27. The zero-order valence-corrected chi connectivity index (χ0v) is 13.2. The summed E-state index contributed by atoms with van der Waals surface area (Å²) in [7, 11) is 0. The molecular weight excluding hydrogens is 278 g/mol. The molecule has 3 rings (SSSR count). The van der Waals surface area contributed by atoms with Gasteiger partial charge in [-0.05, 0) is 51.2 Å². The van der Waals surface area contributed by atoms with Gasteiger partial charge in [-0.25, -0.2) is 10.1 Å². The summed E-state index contributed by atoms with van der Waals surface area (Å²) in [5.41, 5.74) is 1.88. The first-order chi connectivity index (χ1) is 10.5. The number of rotatable bonds is 3. The van der Waals surface area contributed by atoms with Crippen molar-refractivity contribution < 1.29 is 0 Å². The lowest BCUT2D eigenvalue weighted by atomic mass is 9.91. The number of likely N-dealkylation sites (tertiary alicyclic amines) is 1. The lowest BCUT2D eigenvalue weighted by molar-refractivity contribution is 0.0517. The lowest BCUT2D eigenvalue weighted by Crippen LogP contribution is -2.57. The summed E-state index contributed by atoms with van der Waals surface area (Å²) in [5.74, 6) is 0.294. The van der Waals surface area contributed by atoms with Gasteiger partial charge in [-0.1, -0.05) is 0 Å². The fourth-order valence-corrected chi connectivity index (χ4v) is 3.25. The van der Waals surface area contributed by atoms with Crippen molar-refractivity contribution in [3.05, 3.63) is 40.5 Å². The van der Waals surface area contributed by atoms with E-state index in [0.717, 1.165) is 43.8 Å². The zero-order chi connectivity index (χ0) is 15.6. The van der Waals surface area contributed by atoms with Crippen molar-refractivity contribution in [3.63, 3.8) is 0 Å². The van der Waals surface area contributed by atoms with E-state index in [0.29, 0.717) is 5.92 Å². The van der Waals surface area contributed by atoms with Crippen molar-refractivity contribution in [2.24, 2.45) is 10.9 Å². The van der Waals surface area contributed by atoms with Crippen molar-refractivity contribution in [2.45, 2.75) is 38.9 Å². The molecule has 0 radical (unpaired) electrons. The van der Waals surface area contributed by atoms with Gasteiger partial charge in [0.25, 0.3) is 5.56 Å². The minimum absolute atomic E-state index is 0.142. The van der Waals surface area contributed by atoms with Gasteiger partial charge in [-0.3, -0.25) is 9.69 Å². The highest BCUT2D eigenvalue weighted by molar-refractivity contribution is 5.93. The molecule has 22 heavy (non-hydrogen) atoms. The van der Waals surface area contributed by atoms with E-state index in [1.54, 1.807) is 6.07 Å². The van der Waals surface area contributed by atoms with E-state index >= 15 is 0 Å². The molecule has 1 aromatic heterocycles. The number of piperidine rings is 1. The van der Waals surface area contributed by atoms with E-state index in [9.17, 15) is 4.79 Å². The summed E-state index contributed by atoms with van der Waals surface area (Å²) < 4.78 is 0. The Bertz CT molecular complexity index is 622. The highest BCUT2D eigenvalue weighted by Crippen LogP contribution is 2.26. The van der Waals surface area contributed by atoms with Crippen LogP contribution in [0.15, 0.2) is 34.2 Å². The van der Waals surface area contributed by atoms with Gasteiger partial charge in [-0.2, -0.15) is 5.10 Å². The fraction of sp³-hybridized carbons (Fsp3) is 0.562. The van der Waals surface area contributed by atoms with Crippen LogP contribution in [-0.2, 0) is 6.42 Å². The van der Waals surface area contributed by atoms with E-state index in [4.69, 9.17) is 4.99 Å². The molecule has 1 unspecified atom stereocenters. The first-order valence-corrected chi connectivity index (χ1v) is 7.85. The largest absolute Gasteiger partial charge is 0.355 e. The summed E-state index contributed by atoms with van der Waals surface area (Å²) in [6.45, 7) is 6.19. The number of nitrogens with zero attached hydrogens (tertiary/aromatic N) is 3. The maximum atomic E-state index is 11.0. The van der Waals surface area contributed by atoms with Crippen LogP contribution < -0.4 is 10.9 Å². The molecule has 2 aliphatic rings. The van der Waals surface area contributed by atoms with Crippen LogP contribution in [0.2, 0.25) is 0 Å². The van der Waals surface area contributed by atoms with Crippen LogP contribution in [0.3, 0.4) is 0 Å². The lowest BCUT2D eigenvalue weighted by Gasteiger charge is -2.43. The van der Waals surface area contributed by atoms with E-state index in [-0.39, 0.29) is 11.3 Å². The van der Waals surface area contributed by atoms with E-state index < -0.39 is 0 Å². The van der Waals surface area contributed by atoms with Crippen LogP contribution in [0.25, 0.3) is 0 Å². The SMILES string of the molecule is CC1=NC(C)(N2CCC(Cc3ccc(=O)[nH]n3)CC2)NC=C1. The van der Waals surface area contributed by atoms with Gasteiger partial charge in [0.2, 0.25) is 0 Å². The van der Waals surface area contributed by atoms with Crippen molar-refractivity contribution >= 4 is 5.71 Å². The minimum Gasteiger partial charge on any atom is -0.355 e. The smallest absolute Gasteiger partial charge is 0.264 e. The van der Waals surface area contributed by atoms with Crippen LogP contribution in [-0.4, -0.2) is 39.7 Å². The quantitative estimate of drug-likeness (QED) is 0.882. The molecule has 118 valence electrons. The zero-order valence-electron chi connectivity index (χ0n) is 13.2. The monoisotopic (exact) mass is 301 g/mol. The van der Waals surface area contributed by atoms with Crippen LogP contribution in [0, 0.1) is 5.92 Å². The van der Waals surface area contributed by atoms with Gasteiger partial charge in [0.15, 0.2) is 5.79 Å². The molecule has 0 saturated carbocycles. The molecule has 1 atom stereocenters. The number of hydrogen-bond acceptors (Lipinski definition) is 5. The van der Waals surface area contributed by atoms with Crippen molar-refractivity contribution in [3.8, 4) is 0 Å². The highest BCUT2D eigenvalue weighted by atomic mass is 16.1. The molecular formula is C16H23N5O. The third-order valence-electron chi connectivity index (χ3n) is 4.54. The predicted molar refractivity (Wildman–Crippen MR) is 86.6 cm³/mol. The van der Waals surface area contributed by atoms with Gasteiger partial charge in [0, 0.05) is 31.1 Å². The standard InChI is InChI=1S/C16H23N5O/c1-12-5-8-17-16(2,18-12)21-9-6-13(7-10-21)11-14-3-4-15(22)20-19-14/h3-5,8,13,17H,6-7,9-11H2,1-2H3,(H,20,22). The van der Waals surface area contributed by atoms with E-state index in [1.165, 1.54) is 0 Å². The van der Waals surface area contributed by atoms with Crippen molar-refractivity contribution in [1.82, 2.24) is 20.4 Å². The molecule has 1 fully saturated rings. The van der Waals surface area contributed by atoms with Crippen LogP contribution >= 0.6 is 0 Å². The molecule has 6 heteroatoms. The van der Waals surface area contributed by atoms with Crippen LogP contribution in [0.4, 0.5) is 0 Å². The number of aliphatic imine (C=N–C) groups is 1. The number of hydrogen-bond donors (Lipinski definition) is 2. The Morgan fingerprint density at radius 1 is 1.36 bits per heavy atom. The van der Waals surface area contributed by atoms with Gasteiger partial charge in [-0.15, -0.1) is 0 Å². The fourth-order valence-electron chi connectivity index (χ4n) is 3.25. The molecule has 0 bridgehead atoms. The molecule has 0 aromatic carbocycles. The molecule has 0 amide bonds. The molecule has 0 aliphatic carbocycles. The van der Waals surface area contributed by atoms with Crippen LogP contribution in [0.5, 0.6) is 0 Å². The van der Waals surface area contributed by atoms with Gasteiger partial charge in [0.1, 0.15) is 0 Å². The average Bonchev–Trinajstić information content (AvgIpc) is 2.50. The third-order valence-corrected chi connectivity index (χ3v) is 4.54. The van der Waals surface area contributed by atoms with E-state index in [2.05, 4.69) is 27.3 Å². The Kier molecular flexibility index (Phi) is 4.11. The summed E-state index contributed by atoms with van der Waals surface area (Å²) >= 11 is 0. The molecule has 0 spiro atoms. The maximum Gasteiger partial charge on any atom is 0.264 e. The summed E-state index contributed by atoms with van der Waals surface area (Å²) in [6.07, 6.45) is 7.15. The van der Waals surface area contributed by atoms with Crippen molar-refractivity contribution in [1.29, 1.82) is 0 Å². The Morgan fingerprint density at radius 3 is 2.77 bits per heavy atom. The number of nitrogens with one attached hydrogen (secondary N) is 2. The molecule has 6 nitrogen and oxygen atoms in total. The first-order valence-electron chi connectivity index (χ1n) is 7.85. The minimum atomic E-state index is -0.319. The number of allylic oxidation sites excluding steroid dienone is 1. The number of aromatic amines is 1. The molecule has 3 heterocycles. The maximum absolute atomic E-state index is 11.0. The van der Waals surface area contributed by atoms with Gasteiger partial charge < -0.3 is 5.32 Å². The topological polar surface area (TPSA) is 73.4 Å². The van der Waals surface area contributed by atoms with Gasteiger partial charge >= 0.3 is 0 Å². The number of aromatic nitrogens is 2. The Hall–Kier alpha value is -1.95. The predicted octanol–water partition coefficient (Wildman–Crippen LogP) is 1.28.